The molecule has 0 fully saturated rings. The van der Waals surface area contributed by atoms with Gasteiger partial charge >= 0.3 is 5.97 Å². The van der Waals surface area contributed by atoms with E-state index in [2.05, 4.69) is 4.72 Å². The molecule has 1 unspecified atom stereocenters. The Balaban J connectivity index is 3.50. The Morgan fingerprint density at radius 1 is 1.38 bits per heavy atom. The van der Waals surface area contributed by atoms with E-state index in [-0.39, 0.29) is 26.9 Å². The summed E-state index contributed by atoms with van der Waals surface area (Å²) >= 11 is 12.1. The maximum Gasteiger partial charge on any atom is 0.324 e. The van der Waals surface area contributed by atoms with Crippen LogP contribution in [0.1, 0.15) is 31.4 Å². The molecule has 0 saturated heterocycles. The van der Waals surface area contributed by atoms with Crippen LogP contribution in [0.5, 0.6) is 0 Å². The minimum absolute atomic E-state index is 0.0354. The summed E-state index contributed by atoms with van der Waals surface area (Å²) in [5.41, 5.74) is -0.838. The minimum atomic E-state index is -4.13. The summed E-state index contributed by atoms with van der Waals surface area (Å²) in [6.45, 7) is 6.02. The average Bonchev–Trinajstić information content (AvgIpc) is 2.35. The van der Waals surface area contributed by atoms with Gasteiger partial charge in [0.25, 0.3) is 0 Å². The zero-order valence-corrected chi connectivity index (χ0v) is 14.4. The number of carbonyl (C=O) groups is 1. The van der Waals surface area contributed by atoms with Gasteiger partial charge in [-0.25, -0.2) is 8.42 Å². The van der Waals surface area contributed by atoms with Crippen LogP contribution in [0, 0.1) is 13.8 Å². The number of hydrogen-bond donors (Lipinski definition) is 2. The Labute approximate surface area is 134 Å². The number of sulfonamides is 1. The monoisotopic (exact) mass is 353 g/mol. The van der Waals surface area contributed by atoms with Gasteiger partial charge in [-0.05, 0) is 44.4 Å². The van der Waals surface area contributed by atoms with E-state index in [4.69, 9.17) is 23.2 Å². The zero-order valence-electron chi connectivity index (χ0n) is 12.1. The highest BCUT2D eigenvalue weighted by Gasteiger charge is 2.37. The first-order valence-corrected chi connectivity index (χ1v) is 8.42. The molecule has 0 heterocycles. The molecule has 118 valence electrons. The molecule has 1 aromatic carbocycles. The Hall–Kier alpha value is -0.820. The van der Waals surface area contributed by atoms with Crippen molar-refractivity contribution in [3.63, 3.8) is 0 Å². The third-order valence-corrected chi connectivity index (χ3v) is 6.15. The lowest BCUT2D eigenvalue weighted by Crippen LogP contribution is -2.51. The highest BCUT2D eigenvalue weighted by Crippen LogP contribution is 2.34. The van der Waals surface area contributed by atoms with Gasteiger partial charge in [0, 0.05) is 5.02 Å². The highest BCUT2D eigenvalue weighted by atomic mass is 35.5. The largest absolute Gasteiger partial charge is 0.480 e. The first kappa shape index (κ1) is 18.2. The molecule has 0 aromatic heterocycles. The number of carboxylic acids is 1. The van der Waals surface area contributed by atoms with Crippen LogP contribution < -0.4 is 4.72 Å². The zero-order chi connectivity index (χ0) is 16.6. The smallest absolute Gasteiger partial charge is 0.324 e. The van der Waals surface area contributed by atoms with Crippen molar-refractivity contribution in [3.05, 3.63) is 27.2 Å². The fourth-order valence-electron chi connectivity index (χ4n) is 1.75. The maximum atomic E-state index is 12.5. The number of benzene rings is 1. The van der Waals surface area contributed by atoms with Crippen LogP contribution >= 0.6 is 23.2 Å². The van der Waals surface area contributed by atoms with Crippen LogP contribution in [0.3, 0.4) is 0 Å². The van der Waals surface area contributed by atoms with Gasteiger partial charge in [0.15, 0.2) is 0 Å². The van der Waals surface area contributed by atoms with E-state index in [1.165, 1.54) is 13.8 Å². The Bertz CT molecular complexity index is 662. The van der Waals surface area contributed by atoms with Crippen LogP contribution in [0.25, 0.3) is 0 Å². The predicted octanol–water partition coefficient (Wildman–Crippen LogP) is 3.14. The van der Waals surface area contributed by atoms with E-state index in [1.807, 2.05) is 0 Å². The number of hydrogen-bond acceptors (Lipinski definition) is 3. The van der Waals surface area contributed by atoms with Crippen molar-refractivity contribution in [3.8, 4) is 0 Å². The molecule has 8 heteroatoms. The van der Waals surface area contributed by atoms with Gasteiger partial charge in [-0.3, -0.25) is 4.79 Å². The molecular weight excluding hydrogens is 337 g/mol. The molecular formula is C13H17Cl2NO4S. The highest BCUT2D eigenvalue weighted by molar-refractivity contribution is 7.89. The molecule has 0 spiro atoms. The van der Waals surface area contributed by atoms with Gasteiger partial charge in [0.2, 0.25) is 10.0 Å². The van der Waals surface area contributed by atoms with E-state index in [0.29, 0.717) is 5.56 Å². The lowest BCUT2D eigenvalue weighted by atomic mass is 10.0. The molecule has 0 aliphatic heterocycles. The van der Waals surface area contributed by atoms with E-state index >= 15 is 0 Å². The van der Waals surface area contributed by atoms with Crippen molar-refractivity contribution in [1.29, 1.82) is 0 Å². The van der Waals surface area contributed by atoms with E-state index in [9.17, 15) is 18.3 Å². The second kappa shape index (κ2) is 6.12. The number of aliphatic carboxylic acids is 1. The van der Waals surface area contributed by atoms with E-state index in [1.54, 1.807) is 19.9 Å². The molecule has 1 rings (SSSR count). The summed E-state index contributed by atoms with van der Waals surface area (Å²) in [7, 11) is -4.13. The average molecular weight is 354 g/mol. The molecule has 0 amide bonds. The first-order chi connectivity index (χ1) is 9.46. The molecule has 0 radical (unpaired) electrons. The van der Waals surface area contributed by atoms with Crippen molar-refractivity contribution in [2.24, 2.45) is 0 Å². The van der Waals surface area contributed by atoms with Gasteiger partial charge in [0.05, 0.1) is 5.02 Å². The second-order valence-electron chi connectivity index (χ2n) is 5.04. The quantitative estimate of drug-likeness (QED) is 0.851. The summed E-state index contributed by atoms with van der Waals surface area (Å²) in [6.07, 6.45) is 0.0811. The maximum absolute atomic E-state index is 12.5. The third kappa shape index (κ3) is 3.51. The van der Waals surface area contributed by atoms with Crippen molar-refractivity contribution in [1.82, 2.24) is 4.72 Å². The lowest BCUT2D eigenvalue weighted by molar-refractivity contribution is -0.143. The lowest BCUT2D eigenvalue weighted by Gasteiger charge is -2.25. The van der Waals surface area contributed by atoms with Gasteiger partial charge in [0.1, 0.15) is 10.4 Å². The van der Waals surface area contributed by atoms with E-state index < -0.39 is 21.5 Å². The van der Waals surface area contributed by atoms with Crippen molar-refractivity contribution in [2.75, 3.05) is 0 Å². The third-order valence-electron chi connectivity index (χ3n) is 3.40. The number of rotatable bonds is 5. The Morgan fingerprint density at radius 2 is 1.90 bits per heavy atom. The fourth-order valence-corrected chi connectivity index (χ4v) is 4.40. The van der Waals surface area contributed by atoms with E-state index in [0.717, 1.165) is 0 Å². The second-order valence-corrected chi connectivity index (χ2v) is 7.44. The number of carboxylic acid groups (broad SMARTS) is 1. The Kier molecular flexibility index (Phi) is 5.31. The molecule has 1 aromatic rings. The first-order valence-electron chi connectivity index (χ1n) is 6.19. The fraction of sp³-hybridized carbons (Fsp3) is 0.462. The van der Waals surface area contributed by atoms with Crippen LogP contribution in [-0.4, -0.2) is 25.0 Å². The Morgan fingerprint density at radius 3 is 2.33 bits per heavy atom. The summed E-state index contributed by atoms with van der Waals surface area (Å²) in [6, 6.07) is 1.56. The van der Waals surface area contributed by atoms with Gasteiger partial charge in [-0.1, -0.05) is 30.1 Å². The van der Waals surface area contributed by atoms with Gasteiger partial charge in [-0.2, -0.15) is 4.72 Å². The molecule has 0 saturated carbocycles. The van der Waals surface area contributed by atoms with Crippen LogP contribution in [0.15, 0.2) is 11.0 Å². The summed E-state index contributed by atoms with van der Waals surface area (Å²) in [5, 5.41) is 9.50. The SMILES string of the molecule is CCC(C)(NS(=O)(=O)c1c(C)c(Cl)cc(C)c1Cl)C(=O)O. The normalized spacial score (nSPS) is 14.8. The molecule has 1 atom stereocenters. The summed E-state index contributed by atoms with van der Waals surface area (Å²) in [5.74, 6) is -1.26. The summed E-state index contributed by atoms with van der Waals surface area (Å²) in [4.78, 5) is 11.1. The minimum Gasteiger partial charge on any atom is -0.480 e. The molecule has 0 bridgehead atoms. The molecule has 2 N–H and O–H groups in total. The van der Waals surface area contributed by atoms with Crippen molar-refractivity contribution < 1.29 is 18.3 Å². The van der Waals surface area contributed by atoms with Crippen molar-refractivity contribution >= 4 is 39.2 Å². The van der Waals surface area contributed by atoms with Crippen molar-refractivity contribution in [2.45, 2.75) is 44.6 Å². The standard InChI is InChI=1S/C13H17Cl2NO4S/c1-5-13(4,12(17)18)16-21(19,20)11-8(3)9(14)6-7(2)10(11)15/h6,16H,5H2,1-4H3,(H,17,18). The summed E-state index contributed by atoms with van der Waals surface area (Å²) < 4.78 is 27.3. The van der Waals surface area contributed by atoms with Crippen LogP contribution in [0.4, 0.5) is 0 Å². The molecule has 5 nitrogen and oxygen atoms in total. The van der Waals surface area contributed by atoms with Gasteiger partial charge in [-0.15, -0.1) is 0 Å². The molecule has 21 heavy (non-hydrogen) atoms. The number of nitrogens with one attached hydrogen (secondary N) is 1. The van der Waals surface area contributed by atoms with Gasteiger partial charge < -0.3 is 5.11 Å². The predicted molar refractivity (Wildman–Crippen MR) is 82.6 cm³/mol. The van der Waals surface area contributed by atoms with Crippen LogP contribution in [0.2, 0.25) is 10.0 Å². The topological polar surface area (TPSA) is 83.5 Å². The molecule has 0 aliphatic rings. The van der Waals surface area contributed by atoms with Crippen LogP contribution in [-0.2, 0) is 14.8 Å². The number of aryl methyl sites for hydroxylation is 1. The number of halogens is 2. The molecule has 0 aliphatic carbocycles.